The van der Waals surface area contributed by atoms with E-state index in [4.69, 9.17) is 5.73 Å². The van der Waals surface area contributed by atoms with E-state index >= 15 is 0 Å². The van der Waals surface area contributed by atoms with Gasteiger partial charge in [-0.15, -0.1) is 0 Å². The van der Waals surface area contributed by atoms with Crippen molar-refractivity contribution in [2.24, 2.45) is 5.73 Å². The molecule has 0 atom stereocenters. The Balaban J connectivity index is 2.49. The highest BCUT2D eigenvalue weighted by atomic mass is 32.1. The second-order valence-corrected chi connectivity index (χ2v) is 2.72. The van der Waals surface area contributed by atoms with E-state index in [1.165, 1.54) is 0 Å². The molecule has 1 aromatic carbocycles. The number of hydrogen-bond donors (Lipinski definition) is 2. The van der Waals surface area contributed by atoms with E-state index in [1.54, 1.807) is 12.3 Å². The maximum absolute atomic E-state index is 5.26. The molecule has 0 amide bonds. The first kappa shape index (κ1) is 8.74. The van der Waals surface area contributed by atoms with Crippen LogP contribution in [0.3, 0.4) is 0 Å². The van der Waals surface area contributed by atoms with E-state index in [1.807, 2.05) is 30.3 Å². The van der Waals surface area contributed by atoms with Crippen LogP contribution in [-0.4, -0.2) is 4.99 Å². The molecule has 0 saturated heterocycles. The Kier molecular flexibility index (Phi) is 3.29. The Hall–Kier alpha value is -1.35. The van der Waals surface area contributed by atoms with Crippen LogP contribution in [0.2, 0.25) is 0 Å². The molecule has 0 saturated carbocycles. The minimum Gasteiger partial charge on any atom is -0.390 e. The molecule has 2 nitrogen and oxygen atoms in total. The summed E-state index contributed by atoms with van der Waals surface area (Å²) in [6.07, 6.45) is 3.36. The fourth-order valence-corrected chi connectivity index (χ4v) is 0.822. The second-order valence-electron chi connectivity index (χ2n) is 2.25. The minimum atomic E-state index is 0.374. The van der Waals surface area contributed by atoms with E-state index in [-0.39, 0.29) is 0 Å². The summed E-state index contributed by atoms with van der Waals surface area (Å²) in [5.74, 6) is 0. The van der Waals surface area contributed by atoms with Crippen LogP contribution < -0.4 is 11.1 Å². The van der Waals surface area contributed by atoms with Crippen molar-refractivity contribution in [3.8, 4) is 0 Å². The largest absolute Gasteiger partial charge is 0.390 e. The maximum Gasteiger partial charge on any atom is 0.0976 e. The van der Waals surface area contributed by atoms with Crippen molar-refractivity contribution < 1.29 is 0 Å². The second kappa shape index (κ2) is 4.51. The van der Waals surface area contributed by atoms with Crippen LogP contribution in [0.5, 0.6) is 0 Å². The first-order valence-electron chi connectivity index (χ1n) is 3.56. The highest BCUT2D eigenvalue weighted by Crippen LogP contribution is 2.03. The van der Waals surface area contributed by atoms with Crippen LogP contribution in [0.4, 0.5) is 5.69 Å². The normalized spacial score (nSPS) is 10.0. The molecular formula is C9H10N2S. The minimum absolute atomic E-state index is 0.374. The lowest BCUT2D eigenvalue weighted by Crippen LogP contribution is -2.03. The molecule has 0 aromatic heterocycles. The molecule has 0 spiro atoms. The molecule has 1 aromatic rings. The van der Waals surface area contributed by atoms with Crippen LogP contribution in [-0.2, 0) is 0 Å². The van der Waals surface area contributed by atoms with Gasteiger partial charge in [0.2, 0.25) is 0 Å². The molecule has 12 heavy (non-hydrogen) atoms. The third-order valence-electron chi connectivity index (χ3n) is 1.27. The average Bonchev–Trinajstić information content (AvgIpc) is 2.05. The van der Waals surface area contributed by atoms with Crippen molar-refractivity contribution in [2.45, 2.75) is 0 Å². The molecule has 3 N–H and O–H groups in total. The van der Waals surface area contributed by atoms with Gasteiger partial charge in [-0.25, -0.2) is 0 Å². The molecule has 1 rings (SSSR count). The van der Waals surface area contributed by atoms with Gasteiger partial charge in [0.05, 0.1) is 4.99 Å². The lowest BCUT2D eigenvalue weighted by Gasteiger charge is -1.97. The van der Waals surface area contributed by atoms with Crippen molar-refractivity contribution >= 4 is 22.9 Å². The molecule has 0 heterocycles. The molecule has 3 heteroatoms. The number of para-hydroxylation sites is 1. The molecule has 0 unspecified atom stereocenters. The van der Waals surface area contributed by atoms with Crippen molar-refractivity contribution in [3.05, 3.63) is 42.6 Å². The number of nitrogens with two attached hydrogens (primary N) is 1. The van der Waals surface area contributed by atoms with Gasteiger partial charge < -0.3 is 11.1 Å². The molecule has 0 fully saturated rings. The van der Waals surface area contributed by atoms with E-state index in [0.717, 1.165) is 5.69 Å². The molecule has 62 valence electrons. The van der Waals surface area contributed by atoms with Gasteiger partial charge in [0.15, 0.2) is 0 Å². The van der Waals surface area contributed by atoms with Gasteiger partial charge in [0, 0.05) is 11.9 Å². The predicted octanol–water partition coefficient (Wildman–Crippen LogP) is 1.90. The fourth-order valence-electron chi connectivity index (χ4n) is 0.754. The Bertz CT molecular complexity index is 280. The van der Waals surface area contributed by atoms with Crippen LogP contribution in [0.25, 0.3) is 0 Å². The van der Waals surface area contributed by atoms with Crippen LogP contribution in [0, 0.1) is 0 Å². The van der Waals surface area contributed by atoms with Crippen molar-refractivity contribution in [1.29, 1.82) is 0 Å². The number of hydrogen-bond acceptors (Lipinski definition) is 2. The van der Waals surface area contributed by atoms with Gasteiger partial charge in [0.1, 0.15) is 0 Å². The van der Waals surface area contributed by atoms with Gasteiger partial charge in [-0.2, -0.15) is 0 Å². The van der Waals surface area contributed by atoms with E-state index in [0.29, 0.717) is 4.99 Å². The molecule has 0 aliphatic heterocycles. The van der Waals surface area contributed by atoms with Crippen molar-refractivity contribution in [3.63, 3.8) is 0 Å². The number of rotatable bonds is 3. The topological polar surface area (TPSA) is 38.0 Å². The fraction of sp³-hybridized carbons (Fsp3) is 0. The lowest BCUT2D eigenvalue weighted by atomic mass is 10.3. The Morgan fingerprint density at radius 2 is 2.00 bits per heavy atom. The van der Waals surface area contributed by atoms with Crippen LogP contribution >= 0.6 is 12.2 Å². The predicted molar refractivity (Wildman–Crippen MR) is 56.0 cm³/mol. The summed E-state index contributed by atoms with van der Waals surface area (Å²) in [6, 6.07) is 9.80. The van der Waals surface area contributed by atoms with Crippen LogP contribution in [0.1, 0.15) is 0 Å². The monoisotopic (exact) mass is 178 g/mol. The van der Waals surface area contributed by atoms with Crippen LogP contribution in [0.15, 0.2) is 42.6 Å². The third kappa shape index (κ3) is 3.16. The average molecular weight is 178 g/mol. The first-order chi connectivity index (χ1) is 5.79. The zero-order chi connectivity index (χ0) is 8.81. The van der Waals surface area contributed by atoms with Gasteiger partial charge in [0.25, 0.3) is 0 Å². The zero-order valence-electron chi connectivity index (χ0n) is 6.53. The maximum atomic E-state index is 5.26. The summed E-state index contributed by atoms with van der Waals surface area (Å²) in [5, 5.41) is 3.03. The summed E-state index contributed by atoms with van der Waals surface area (Å²) in [4.78, 5) is 0.374. The van der Waals surface area contributed by atoms with E-state index in [2.05, 4.69) is 17.5 Å². The molecule has 0 bridgehead atoms. The quantitative estimate of drug-likeness (QED) is 0.548. The molecule has 0 radical (unpaired) electrons. The molecular weight excluding hydrogens is 168 g/mol. The van der Waals surface area contributed by atoms with E-state index < -0.39 is 0 Å². The van der Waals surface area contributed by atoms with Gasteiger partial charge >= 0.3 is 0 Å². The number of nitrogens with one attached hydrogen (secondary N) is 1. The summed E-state index contributed by atoms with van der Waals surface area (Å²) in [6.45, 7) is 0. The molecule has 0 aliphatic carbocycles. The zero-order valence-corrected chi connectivity index (χ0v) is 7.34. The van der Waals surface area contributed by atoms with Crippen molar-refractivity contribution in [2.75, 3.05) is 5.32 Å². The smallest absolute Gasteiger partial charge is 0.0976 e. The van der Waals surface area contributed by atoms with Gasteiger partial charge in [-0.1, -0.05) is 30.4 Å². The van der Waals surface area contributed by atoms with E-state index in [9.17, 15) is 0 Å². The highest BCUT2D eigenvalue weighted by molar-refractivity contribution is 7.80. The molecule has 0 aliphatic rings. The third-order valence-corrected chi connectivity index (χ3v) is 1.41. The Labute approximate surface area is 77.1 Å². The van der Waals surface area contributed by atoms with Gasteiger partial charge in [-0.3, -0.25) is 0 Å². The first-order valence-corrected chi connectivity index (χ1v) is 3.97. The Morgan fingerprint density at radius 3 is 2.58 bits per heavy atom. The standard InChI is InChI=1S/C9H10N2S/c10-9(12)6-7-11-8-4-2-1-3-5-8/h1-7,11H,(H2,10,12)/b7-6+. The summed E-state index contributed by atoms with van der Waals surface area (Å²) in [7, 11) is 0. The van der Waals surface area contributed by atoms with Gasteiger partial charge in [-0.05, 0) is 18.2 Å². The number of thiocarbonyl (C=S) groups is 1. The highest BCUT2D eigenvalue weighted by Gasteiger charge is 1.82. The Morgan fingerprint density at radius 1 is 1.33 bits per heavy atom. The van der Waals surface area contributed by atoms with Crippen molar-refractivity contribution in [1.82, 2.24) is 0 Å². The SMILES string of the molecule is NC(=S)/C=C/Nc1ccccc1. The lowest BCUT2D eigenvalue weighted by molar-refractivity contribution is 1.58. The summed E-state index contributed by atoms with van der Waals surface area (Å²) >= 11 is 4.66. The summed E-state index contributed by atoms with van der Waals surface area (Å²) in [5.41, 5.74) is 6.28. The summed E-state index contributed by atoms with van der Waals surface area (Å²) < 4.78 is 0. The number of anilines is 1. The number of benzene rings is 1.